The van der Waals surface area contributed by atoms with Crippen molar-refractivity contribution in [3.63, 3.8) is 0 Å². The van der Waals surface area contributed by atoms with Crippen LogP contribution in [0.1, 0.15) is 0 Å². The van der Waals surface area contributed by atoms with E-state index < -0.39 is 10.4 Å². The lowest BCUT2D eigenvalue weighted by Crippen LogP contribution is -2.25. The lowest BCUT2D eigenvalue weighted by atomic mass is 10.5. The van der Waals surface area contributed by atoms with Crippen molar-refractivity contribution in [1.29, 1.82) is 0 Å². The van der Waals surface area contributed by atoms with Gasteiger partial charge in [0.05, 0.1) is 7.11 Å². The third-order valence-electron chi connectivity index (χ3n) is 1.07. The van der Waals surface area contributed by atoms with E-state index in [-0.39, 0.29) is 24.8 Å². The Morgan fingerprint density at radius 2 is 1.47 bits per heavy atom. The summed E-state index contributed by atoms with van der Waals surface area (Å²) in [5.41, 5.74) is 0. The standard InChI is InChI=1S/C6H8N.CH4O4S.2ClH/c1-7-5-3-2-4-6-7;1-5-6(2,3)4;;/h2-6H,1H3;1H3,(H,2,3,4);2*1H/q+1;;;/p-1. The van der Waals surface area contributed by atoms with Crippen LogP contribution in [0.25, 0.3) is 0 Å². The van der Waals surface area contributed by atoms with Crippen molar-refractivity contribution in [1.82, 2.24) is 0 Å². The van der Waals surface area contributed by atoms with Gasteiger partial charge in [-0.3, -0.25) is 4.18 Å². The topological polar surface area (TPSA) is 70.3 Å². The first kappa shape index (κ1) is 20.1. The first-order valence-corrected chi connectivity index (χ1v) is 4.71. The van der Waals surface area contributed by atoms with E-state index in [0.29, 0.717) is 0 Å². The highest BCUT2D eigenvalue weighted by atomic mass is 35.5. The van der Waals surface area contributed by atoms with E-state index in [1.54, 1.807) is 0 Å². The second-order valence-electron chi connectivity index (χ2n) is 2.12. The molecule has 15 heavy (non-hydrogen) atoms. The summed E-state index contributed by atoms with van der Waals surface area (Å²) in [6.07, 6.45) is 4.00. The van der Waals surface area contributed by atoms with Crippen LogP contribution < -0.4 is 4.57 Å². The zero-order chi connectivity index (χ0) is 10.3. The fourth-order valence-corrected chi connectivity index (χ4v) is 0.485. The van der Waals surface area contributed by atoms with E-state index in [0.717, 1.165) is 7.11 Å². The van der Waals surface area contributed by atoms with Gasteiger partial charge in [0.25, 0.3) is 0 Å². The maximum absolute atomic E-state index is 9.22. The molecule has 8 heteroatoms. The van der Waals surface area contributed by atoms with Gasteiger partial charge in [-0.2, -0.15) is 0 Å². The predicted octanol–water partition coefficient (Wildman–Crippen LogP) is 0.448. The van der Waals surface area contributed by atoms with Gasteiger partial charge >= 0.3 is 0 Å². The van der Waals surface area contributed by atoms with Crippen LogP contribution in [0.2, 0.25) is 0 Å². The van der Waals surface area contributed by atoms with Gasteiger partial charge in [-0.05, 0) is 0 Å². The number of aryl methyl sites for hydroxylation is 1. The van der Waals surface area contributed by atoms with Crippen molar-refractivity contribution in [2.75, 3.05) is 7.11 Å². The summed E-state index contributed by atoms with van der Waals surface area (Å²) in [4.78, 5) is 0. The summed E-state index contributed by atoms with van der Waals surface area (Å²) in [5, 5.41) is 0. The minimum Gasteiger partial charge on any atom is -0.726 e. The van der Waals surface area contributed by atoms with Crippen molar-refractivity contribution in [3.8, 4) is 0 Å². The second-order valence-corrected chi connectivity index (χ2v) is 3.27. The maximum Gasteiger partial charge on any atom is 0.217 e. The average Bonchev–Trinajstić information content (AvgIpc) is 2.06. The molecule has 90 valence electrons. The number of hydrogen-bond donors (Lipinski definition) is 0. The Morgan fingerprint density at radius 3 is 1.60 bits per heavy atom. The molecule has 0 atom stereocenters. The molecular weight excluding hydrogens is 265 g/mol. The van der Waals surface area contributed by atoms with E-state index in [2.05, 4.69) is 4.18 Å². The summed E-state index contributed by atoms with van der Waals surface area (Å²) in [5.74, 6) is 0. The number of halogens is 2. The molecule has 0 fully saturated rings. The van der Waals surface area contributed by atoms with Crippen LogP contribution in [-0.4, -0.2) is 20.1 Å². The SMILES string of the molecule is COS(=O)(=O)[O-].C[n+]1ccccc1.Cl.Cl. The molecule has 1 heterocycles. The highest BCUT2D eigenvalue weighted by Crippen LogP contribution is 1.74. The Balaban J connectivity index is -0.000000172. The van der Waals surface area contributed by atoms with Crippen LogP contribution in [-0.2, 0) is 21.6 Å². The van der Waals surface area contributed by atoms with Gasteiger partial charge in [-0.15, -0.1) is 24.8 Å². The molecule has 0 saturated carbocycles. The lowest BCUT2D eigenvalue weighted by molar-refractivity contribution is -0.671. The van der Waals surface area contributed by atoms with Gasteiger partial charge in [-0.25, -0.2) is 13.0 Å². The molecule has 1 aromatic heterocycles. The van der Waals surface area contributed by atoms with Crippen LogP contribution >= 0.6 is 24.8 Å². The number of pyridine rings is 1. The Morgan fingerprint density at radius 1 is 1.13 bits per heavy atom. The molecule has 1 rings (SSSR count). The van der Waals surface area contributed by atoms with Crippen molar-refractivity contribution in [3.05, 3.63) is 30.6 Å². The largest absolute Gasteiger partial charge is 0.726 e. The van der Waals surface area contributed by atoms with Crippen LogP contribution in [0.15, 0.2) is 30.6 Å². The first-order valence-electron chi connectivity index (χ1n) is 3.37. The molecule has 0 aromatic carbocycles. The van der Waals surface area contributed by atoms with E-state index in [1.807, 2.05) is 42.2 Å². The molecule has 5 nitrogen and oxygen atoms in total. The van der Waals surface area contributed by atoms with Crippen LogP contribution in [0.5, 0.6) is 0 Å². The smallest absolute Gasteiger partial charge is 0.217 e. The molecule has 0 amide bonds. The summed E-state index contributed by atoms with van der Waals surface area (Å²) < 4.78 is 33.0. The minimum atomic E-state index is -4.41. The molecule has 0 aliphatic carbocycles. The highest BCUT2D eigenvalue weighted by molar-refractivity contribution is 7.80. The summed E-state index contributed by atoms with van der Waals surface area (Å²) in [6, 6.07) is 6.00. The van der Waals surface area contributed by atoms with E-state index >= 15 is 0 Å². The van der Waals surface area contributed by atoms with Gasteiger partial charge in [0.15, 0.2) is 12.4 Å². The monoisotopic (exact) mass is 277 g/mol. The first-order chi connectivity index (χ1) is 5.95. The number of rotatable bonds is 1. The molecule has 0 saturated heterocycles. The molecule has 0 radical (unpaired) electrons. The Labute approximate surface area is 102 Å². The molecular formula is C7H13Cl2NO4S. The number of hydrogen-bond acceptors (Lipinski definition) is 4. The normalized spacial score (nSPS) is 8.73. The maximum atomic E-state index is 9.22. The zero-order valence-corrected chi connectivity index (χ0v) is 10.6. The minimum absolute atomic E-state index is 0. The number of aromatic nitrogens is 1. The van der Waals surface area contributed by atoms with Crippen molar-refractivity contribution in [2.24, 2.45) is 7.05 Å². The van der Waals surface area contributed by atoms with Gasteiger partial charge in [0.2, 0.25) is 10.4 Å². The molecule has 1 aromatic rings. The lowest BCUT2D eigenvalue weighted by Gasteiger charge is -1.98. The zero-order valence-electron chi connectivity index (χ0n) is 8.19. The van der Waals surface area contributed by atoms with Crippen molar-refractivity contribution >= 4 is 35.2 Å². The highest BCUT2D eigenvalue weighted by Gasteiger charge is 1.79. The Kier molecular flexibility index (Phi) is 13.6. The number of nitrogens with zero attached hydrogens (tertiary/aromatic N) is 1. The van der Waals surface area contributed by atoms with E-state index in [9.17, 15) is 13.0 Å². The van der Waals surface area contributed by atoms with Crippen LogP contribution in [0, 0.1) is 0 Å². The van der Waals surface area contributed by atoms with Crippen molar-refractivity contribution < 1.29 is 21.7 Å². The fourth-order valence-electron chi connectivity index (χ4n) is 0.485. The quantitative estimate of drug-likeness (QED) is 0.425. The molecule has 0 bridgehead atoms. The Bertz CT molecular complexity index is 330. The summed E-state index contributed by atoms with van der Waals surface area (Å²) >= 11 is 0. The van der Waals surface area contributed by atoms with Gasteiger partial charge in [-0.1, -0.05) is 6.07 Å². The molecule has 0 aliphatic heterocycles. The third kappa shape index (κ3) is 16.3. The predicted molar refractivity (Wildman–Crippen MR) is 58.8 cm³/mol. The molecule has 0 N–H and O–H groups in total. The van der Waals surface area contributed by atoms with E-state index in [1.165, 1.54) is 0 Å². The molecule has 0 unspecified atom stereocenters. The molecule has 0 spiro atoms. The molecule has 0 aliphatic rings. The Hall–Kier alpha value is -0.400. The second kappa shape index (κ2) is 10.1. The van der Waals surface area contributed by atoms with Gasteiger partial charge in [0.1, 0.15) is 7.05 Å². The van der Waals surface area contributed by atoms with Crippen molar-refractivity contribution in [2.45, 2.75) is 0 Å². The third-order valence-corrected chi connectivity index (χ3v) is 1.48. The van der Waals surface area contributed by atoms with E-state index in [4.69, 9.17) is 0 Å². The fraction of sp³-hybridized carbons (Fsp3) is 0.286. The van der Waals surface area contributed by atoms with Gasteiger partial charge in [0, 0.05) is 12.1 Å². The van der Waals surface area contributed by atoms with Crippen LogP contribution in [0.3, 0.4) is 0 Å². The summed E-state index contributed by atoms with van der Waals surface area (Å²) in [6.45, 7) is 0. The van der Waals surface area contributed by atoms with Crippen LogP contribution in [0.4, 0.5) is 0 Å². The average molecular weight is 278 g/mol. The summed E-state index contributed by atoms with van der Waals surface area (Å²) in [7, 11) is -1.60. The van der Waals surface area contributed by atoms with Gasteiger partial charge < -0.3 is 4.55 Å².